The van der Waals surface area contributed by atoms with E-state index in [1.165, 1.54) is 19.3 Å². The van der Waals surface area contributed by atoms with Crippen LogP contribution in [0, 0.1) is 5.92 Å². The number of rotatable bonds is 3. The van der Waals surface area contributed by atoms with Crippen molar-refractivity contribution in [3.63, 3.8) is 0 Å². The molecule has 5 nitrogen and oxygen atoms in total. The molecule has 1 saturated carbocycles. The molecule has 19 heavy (non-hydrogen) atoms. The molecule has 6 heteroatoms. The fourth-order valence-corrected chi connectivity index (χ4v) is 3.20. The maximum absolute atomic E-state index is 12.6. The minimum Gasteiger partial charge on any atom is -0.364 e. The third-order valence-corrected chi connectivity index (χ3v) is 4.64. The van der Waals surface area contributed by atoms with Crippen molar-refractivity contribution in [2.75, 3.05) is 31.1 Å². The van der Waals surface area contributed by atoms with Crippen molar-refractivity contribution in [2.45, 2.75) is 25.8 Å². The average molecular weight is 327 g/mol. The highest BCUT2D eigenvalue weighted by atomic mass is 79.9. The van der Waals surface area contributed by atoms with Gasteiger partial charge in [-0.1, -0.05) is 6.42 Å². The van der Waals surface area contributed by atoms with Crippen LogP contribution in [-0.4, -0.2) is 36.0 Å². The molecule has 0 spiro atoms. The first-order chi connectivity index (χ1) is 9.25. The van der Waals surface area contributed by atoms with Crippen molar-refractivity contribution in [1.82, 2.24) is 15.1 Å². The van der Waals surface area contributed by atoms with E-state index < -0.39 is 0 Å². The van der Waals surface area contributed by atoms with Crippen molar-refractivity contribution in [1.29, 1.82) is 0 Å². The lowest BCUT2D eigenvalue weighted by molar-refractivity contribution is 0.261. The molecular weight excluding hydrogens is 308 g/mol. The molecule has 2 fully saturated rings. The van der Waals surface area contributed by atoms with E-state index in [0.29, 0.717) is 5.92 Å². The molecule has 0 atom stereocenters. The summed E-state index contributed by atoms with van der Waals surface area (Å²) >= 11 is 3.48. The molecule has 0 amide bonds. The molecule has 0 bridgehead atoms. The number of anilines is 1. The minimum atomic E-state index is 0.0446. The molecule has 1 aromatic rings. The lowest BCUT2D eigenvalue weighted by atomic mass is 9.85. The van der Waals surface area contributed by atoms with Crippen LogP contribution in [-0.2, 0) is 6.54 Å². The first-order valence-corrected chi connectivity index (χ1v) is 7.76. The molecule has 1 aromatic heterocycles. The smallest absolute Gasteiger partial charge is 0.291 e. The van der Waals surface area contributed by atoms with Gasteiger partial charge in [-0.15, -0.1) is 0 Å². The molecule has 0 aromatic carbocycles. The Balaban J connectivity index is 1.88. The molecule has 1 aliphatic carbocycles. The summed E-state index contributed by atoms with van der Waals surface area (Å²) in [6.45, 7) is 4.38. The summed E-state index contributed by atoms with van der Waals surface area (Å²) in [6, 6.07) is 0. The Labute approximate surface area is 121 Å². The number of halogens is 1. The van der Waals surface area contributed by atoms with Crippen LogP contribution in [0.2, 0.25) is 0 Å². The van der Waals surface area contributed by atoms with Crippen LogP contribution in [0.4, 0.5) is 5.69 Å². The van der Waals surface area contributed by atoms with E-state index >= 15 is 0 Å². The zero-order valence-electron chi connectivity index (χ0n) is 10.9. The van der Waals surface area contributed by atoms with Crippen LogP contribution in [0.1, 0.15) is 19.3 Å². The Morgan fingerprint density at radius 1 is 1.37 bits per heavy atom. The first kappa shape index (κ1) is 13.1. The molecule has 1 aliphatic heterocycles. The van der Waals surface area contributed by atoms with Crippen molar-refractivity contribution in [3.8, 4) is 0 Å². The van der Waals surface area contributed by atoms with Gasteiger partial charge in [-0.2, -0.15) is 5.10 Å². The Kier molecular flexibility index (Phi) is 3.88. The van der Waals surface area contributed by atoms with Gasteiger partial charge in [0.1, 0.15) is 5.69 Å². The Bertz CT molecular complexity index is 506. The van der Waals surface area contributed by atoms with Crippen LogP contribution in [0.25, 0.3) is 0 Å². The highest BCUT2D eigenvalue weighted by Gasteiger charge is 2.22. The summed E-state index contributed by atoms with van der Waals surface area (Å²) in [5.41, 5.74) is 0.819. The van der Waals surface area contributed by atoms with Crippen LogP contribution >= 0.6 is 15.9 Å². The van der Waals surface area contributed by atoms with Crippen LogP contribution < -0.4 is 15.8 Å². The van der Waals surface area contributed by atoms with Gasteiger partial charge in [-0.05, 0) is 34.7 Å². The van der Waals surface area contributed by atoms with Crippen LogP contribution in [0.15, 0.2) is 15.5 Å². The van der Waals surface area contributed by atoms with Gasteiger partial charge in [-0.3, -0.25) is 4.79 Å². The van der Waals surface area contributed by atoms with E-state index in [-0.39, 0.29) is 5.56 Å². The predicted molar refractivity (Wildman–Crippen MR) is 78.6 cm³/mol. The molecule has 3 rings (SSSR count). The number of hydrogen-bond donors (Lipinski definition) is 1. The van der Waals surface area contributed by atoms with Crippen molar-refractivity contribution in [3.05, 3.63) is 21.0 Å². The zero-order valence-corrected chi connectivity index (χ0v) is 12.5. The van der Waals surface area contributed by atoms with Gasteiger partial charge < -0.3 is 10.2 Å². The molecule has 0 unspecified atom stereocenters. The summed E-state index contributed by atoms with van der Waals surface area (Å²) in [5, 5.41) is 7.58. The van der Waals surface area contributed by atoms with Crippen LogP contribution in [0.5, 0.6) is 0 Å². The summed E-state index contributed by atoms with van der Waals surface area (Å²) in [4.78, 5) is 14.7. The van der Waals surface area contributed by atoms with Gasteiger partial charge in [0.25, 0.3) is 5.56 Å². The zero-order chi connectivity index (χ0) is 13.2. The molecule has 0 radical (unpaired) electrons. The largest absolute Gasteiger partial charge is 0.364 e. The molecule has 2 aliphatic rings. The summed E-state index contributed by atoms with van der Waals surface area (Å²) < 4.78 is 2.45. The lowest BCUT2D eigenvalue weighted by Gasteiger charge is -2.30. The SMILES string of the molecule is O=c1c(N2CCNCC2)c(Br)cnn1CC1CCC1. The van der Waals surface area contributed by atoms with Crippen molar-refractivity contribution < 1.29 is 0 Å². The van der Waals surface area contributed by atoms with Gasteiger partial charge >= 0.3 is 0 Å². The van der Waals surface area contributed by atoms with Gasteiger partial charge in [0.15, 0.2) is 0 Å². The maximum atomic E-state index is 12.6. The normalized spacial score (nSPS) is 20.4. The molecule has 104 valence electrons. The van der Waals surface area contributed by atoms with Gasteiger partial charge in [0, 0.05) is 32.7 Å². The average Bonchev–Trinajstić information content (AvgIpc) is 2.37. The summed E-state index contributed by atoms with van der Waals surface area (Å²) in [5.74, 6) is 0.641. The molecule has 1 N–H and O–H groups in total. The number of nitrogens with zero attached hydrogens (tertiary/aromatic N) is 3. The quantitative estimate of drug-likeness (QED) is 0.907. The molecule has 2 heterocycles. The second kappa shape index (κ2) is 5.63. The number of nitrogens with one attached hydrogen (secondary N) is 1. The third-order valence-electron chi connectivity index (χ3n) is 4.06. The van der Waals surface area contributed by atoms with Crippen molar-refractivity contribution in [2.24, 2.45) is 5.92 Å². The van der Waals surface area contributed by atoms with E-state index in [0.717, 1.165) is 42.9 Å². The van der Waals surface area contributed by atoms with Crippen molar-refractivity contribution >= 4 is 21.6 Å². The third kappa shape index (κ3) is 2.69. The second-order valence-corrected chi connectivity index (χ2v) is 6.22. The topological polar surface area (TPSA) is 50.2 Å². The highest BCUT2D eigenvalue weighted by Crippen LogP contribution is 2.28. The summed E-state index contributed by atoms with van der Waals surface area (Å²) in [7, 11) is 0. The Morgan fingerprint density at radius 3 is 2.74 bits per heavy atom. The fraction of sp³-hybridized carbons (Fsp3) is 0.692. The highest BCUT2D eigenvalue weighted by molar-refractivity contribution is 9.10. The van der Waals surface area contributed by atoms with E-state index in [4.69, 9.17) is 0 Å². The number of piperazine rings is 1. The van der Waals surface area contributed by atoms with E-state index in [2.05, 4.69) is 31.2 Å². The lowest BCUT2D eigenvalue weighted by Crippen LogP contribution is -2.46. The Morgan fingerprint density at radius 2 is 2.11 bits per heavy atom. The van der Waals surface area contributed by atoms with Gasteiger partial charge in [0.05, 0.1) is 10.7 Å². The number of hydrogen-bond acceptors (Lipinski definition) is 4. The van der Waals surface area contributed by atoms with E-state index in [1.54, 1.807) is 10.9 Å². The van der Waals surface area contributed by atoms with Gasteiger partial charge in [-0.25, -0.2) is 4.68 Å². The first-order valence-electron chi connectivity index (χ1n) is 6.97. The standard InChI is InChI=1S/C13H19BrN4O/c14-11-8-16-18(9-10-2-1-3-10)13(19)12(11)17-6-4-15-5-7-17/h8,10,15H,1-7,9H2. The maximum Gasteiger partial charge on any atom is 0.291 e. The fourth-order valence-electron chi connectivity index (χ4n) is 2.68. The van der Waals surface area contributed by atoms with Crippen LogP contribution in [0.3, 0.4) is 0 Å². The minimum absolute atomic E-state index is 0.0446. The molecule has 1 saturated heterocycles. The Hall–Kier alpha value is -0.880. The summed E-state index contributed by atoms with van der Waals surface area (Å²) in [6.07, 6.45) is 5.51. The monoisotopic (exact) mass is 326 g/mol. The molecular formula is C13H19BrN4O. The van der Waals surface area contributed by atoms with E-state index in [1.807, 2.05) is 0 Å². The van der Waals surface area contributed by atoms with E-state index in [9.17, 15) is 4.79 Å². The predicted octanol–water partition coefficient (Wildman–Crippen LogP) is 1.22. The second-order valence-electron chi connectivity index (χ2n) is 5.36. The number of aromatic nitrogens is 2. The van der Waals surface area contributed by atoms with Gasteiger partial charge in [0.2, 0.25) is 0 Å².